The highest BCUT2D eigenvalue weighted by Gasteiger charge is 2.29. The molecular formula is C51H64N6O6S2. The molecule has 5 aromatic rings. The van der Waals surface area contributed by atoms with Crippen molar-refractivity contribution in [1.29, 1.82) is 0 Å². The number of rotatable bonds is 21. The summed E-state index contributed by atoms with van der Waals surface area (Å²) in [6, 6.07) is 40.4. The molecule has 0 radical (unpaired) electrons. The largest absolute Gasteiger partial charge is 0.379 e. The van der Waals surface area contributed by atoms with E-state index < -0.39 is 20.0 Å². The first-order valence-electron chi connectivity index (χ1n) is 23.2. The van der Waals surface area contributed by atoms with Crippen LogP contribution in [0.1, 0.15) is 70.3 Å². The average molecular weight is 921 g/mol. The van der Waals surface area contributed by atoms with Crippen molar-refractivity contribution >= 4 is 20.0 Å². The smallest absolute Gasteiger partial charge is 0.243 e. The maximum atomic E-state index is 14.4. The van der Waals surface area contributed by atoms with Crippen LogP contribution in [0.25, 0.3) is 0 Å². The summed E-state index contributed by atoms with van der Waals surface area (Å²) < 4.78 is 71.4. The van der Waals surface area contributed by atoms with Gasteiger partial charge in [-0.1, -0.05) is 103 Å². The molecule has 2 saturated heterocycles. The van der Waals surface area contributed by atoms with Crippen LogP contribution >= 0.6 is 0 Å². The summed E-state index contributed by atoms with van der Waals surface area (Å²) in [5.74, 6) is 0. The second-order valence-electron chi connectivity index (χ2n) is 17.3. The first-order chi connectivity index (χ1) is 31.7. The summed E-state index contributed by atoms with van der Waals surface area (Å²) in [5, 5.41) is 7.04. The number of fused-ring (bicyclic) bond motifs is 1. The summed E-state index contributed by atoms with van der Waals surface area (Å²) >= 11 is 0. The van der Waals surface area contributed by atoms with Gasteiger partial charge < -0.3 is 20.1 Å². The van der Waals surface area contributed by atoms with E-state index >= 15 is 0 Å². The molecule has 3 N–H and O–H groups in total. The molecule has 8 rings (SSSR count). The van der Waals surface area contributed by atoms with Crippen molar-refractivity contribution in [3.05, 3.63) is 166 Å². The Bertz CT molecular complexity index is 2490. The lowest BCUT2D eigenvalue weighted by Gasteiger charge is -2.36. The number of sulfonamides is 2. The quantitative estimate of drug-likeness (QED) is 0.0711. The first-order valence-corrected chi connectivity index (χ1v) is 26.1. The Morgan fingerprint density at radius 2 is 1.29 bits per heavy atom. The third-order valence-electron chi connectivity index (χ3n) is 12.8. The van der Waals surface area contributed by atoms with Gasteiger partial charge in [-0.25, -0.2) is 21.6 Å². The lowest BCUT2D eigenvalue weighted by Crippen LogP contribution is -2.40. The van der Waals surface area contributed by atoms with Crippen molar-refractivity contribution in [2.75, 3.05) is 72.2 Å². The molecule has 65 heavy (non-hydrogen) atoms. The van der Waals surface area contributed by atoms with E-state index in [1.807, 2.05) is 84.9 Å². The van der Waals surface area contributed by atoms with Crippen LogP contribution in [0.2, 0.25) is 0 Å². The average Bonchev–Trinajstić information content (AvgIpc) is 3.34. The van der Waals surface area contributed by atoms with Crippen molar-refractivity contribution in [3.8, 4) is 0 Å². The van der Waals surface area contributed by atoms with Gasteiger partial charge in [0.15, 0.2) is 0 Å². The van der Waals surface area contributed by atoms with Crippen molar-refractivity contribution in [2.24, 2.45) is 0 Å². The van der Waals surface area contributed by atoms with Gasteiger partial charge in [0.1, 0.15) is 0 Å². The molecule has 0 saturated carbocycles. The summed E-state index contributed by atoms with van der Waals surface area (Å²) in [4.78, 5) is 5.41. The number of hydrogen-bond donors (Lipinski definition) is 3. The normalized spacial score (nSPS) is 18.7. The summed E-state index contributed by atoms with van der Waals surface area (Å²) in [7, 11) is -7.50. The Labute approximate surface area is 386 Å². The Hall–Kier alpha value is -4.32. The molecule has 2 aliphatic heterocycles. The van der Waals surface area contributed by atoms with E-state index in [1.165, 1.54) is 5.56 Å². The van der Waals surface area contributed by atoms with Crippen LogP contribution in [0, 0.1) is 0 Å². The third kappa shape index (κ3) is 13.0. The van der Waals surface area contributed by atoms with Crippen LogP contribution in [0.15, 0.2) is 137 Å². The van der Waals surface area contributed by atoms with E-state index in [-0.39, 0.29) is 35.0 Å². The Kier molecular flexibility index (Phi) is 16.6. The van der Waals surface area contributed by atoms with E-state index in [0.29, 0.717) is 26.3 Å². The molecule has 1 aliphatic carbocycles. The molecule has 0 spiro atoms. The summed E-state index contributed by atoms with van der Waals surface area (Å²) in [6.45, 7) is 10.8. The first kappa shape index (κ1) is 47.2. The highest BCUT2D eigenvalue weighted by molar-refractivity contribution is 7.89. The molecule has 14 heteroatoms. The molecule has 2 atom stereocenters. The van der Waals surface area contributed by atoms with Crippen molar-refractivity contribution < 1.29 is 26.3 Å². The van der Waals surface area contributed by atoms with Gasteiger partial charge >= 0.3 is 0 Å². The van der Waals surface area contributed by atoms with E-state index in [9.17, 15) is 16.8 Å². The zero-order valence-corrected chi connectivity index (χ0v) is 39.0. The van der Waals surface area contributed by atoms with Crippen LogP contribution in [0.4, 0.5) is 0 Å². The Balaban J connectivity index is 0.843. The number of hydrogen-bond acceptors (Lipinski definition) is 10. The molecule has 0 amide bonds. The van der Waals surface area contributed by atoms with Gasteiger partial charge in [-0.15, -0.1) is 0 Å². The number of ether oxygens (including phenoxy) is 2. The summed E-state index contributed by atoms with van der Waals surface area (Å²) in [5.41, 5.74) is 7.31. The fourth-order valence-corrected chi connectivity index (χ4v) is 11.8. The van der Waals surface area contributed by atoms with E-state index in [0.717, 1.165) is 118 Å². The lowest BCUT2D eigenvalue weighted by atomic mass is 9.88. The Morgan fingerprint density at radius 1 is 0.631 bits per heavy atom. The molecule has 346 valence electrons. The predicted molar refractivity (Wildman–Crippen MR) is 255 cm³/mol. The van der Waals surface area contributed by atoms with Crippen LogP contribution in [0.3, 0.4) is 0 Å². The molecule has 5 aromatic carbocycles. The minimum atomic E-state index is -3.84. The molecule has 0 bridgehead atoms. The van der Waals surface area contributed by atoms with Gasteiger partial charge in [-0.2, -0.15) is 4.31 Å². The van der Waals surface area contributed by atoms with Crippen molar-refractivity contribution in [1.82, 2.24) is 29.5 Å². The second kappa shape index (κ2) is 22.9. The van der Waals surface area contributed by atoms with Gasteiger partial charge in [-0.05, 0) is 95.4 Å². The predicted octanol–water partition coefficient (Wildman–Crippen LogP) is 6.41. The van der Waals surface area contributed by atoms with Gasteiger partial charge in [0.2, 0.25) is 20.0 Å². The standard InChI is InChI=1S/C51H64N6O6S2/c58-64(59,54-50-16-7-13-45-12-4-5-15-49(45)50)47-21-17-41(18-22-47)36-52-25-8-27-56-31-34-63-40-51(56)46-14-6-11-44(35-46)39-57(38-43-9-2-1-3-10-43)65(60,61)48-23-19-42(20-24-48)37-53-26-28-55-29-32-62-33-30-55/h1-6,9-12,14-15,17-24,35,50-54H,7-8,13,16,25-34,36-40H2. The molecule has 2 heterocycles. The zero-order valence-electron chi connectivity index (χ0n) is 37.3. The highest BCUT2D eigenvalue weighted by atomic mass is 32.2. The maximum Gasteiger partial charge on any atom is 0.243 e. The fourth-order valence-electron chi connectivity index (χ4n) is 9.11. The monoisotopic (exact) mass is 920 g/mol. The van der Waals surface area contributed by atoms with E-state index in [1.54, 1.807) is 28.6 Å². The number of nitrogens with zero attached hydrogens (tertiary/aromatic N) is 3. The topological polar surface area (TPSA) is 133 Å². The van der Waals surface area contributed by atoms with Crippen molar-refractivity contribution in [3.63, 3.8) is 0 Å². The Morgan fingerprint density at radius 3 is 2.06 bits per heavy atom. The van der Waals surface area contributed by atoms with Crippen LogP contribution < -0.4 is 15.4 Å². The number of benzene rings is 5. The van der Waals surface area contributed by atoms with Crippen LogP contribution in [-0.2, 0) is 62.1 Å². The van der Waals surface area contributed by atoms with E-state index in [4.69, 9.17) is 9.47 Å². The minimum Gasteiger partial charge on any atom is -0.379 e. The van der Waals surface area contributed by atoms with Gasteiger partial charge in [-0.3, -0.25) is 9.80 Å². The summed E-state index contributed by atoms with van der Waals surface area (Å²) in [6.07, 6.45) is 3.65. The highest BCUT2D eigenvalue weighted by Crippen LogP contribution is 2.31. The SMILES string of the molecule is O=S(=O)(NC1CCCc2ccccc21)c1ccc(CNCCCN2CCOCC2c2cccc(CN(Cc3ccccc3)S(=O)(=O)c3ccc(CNCCN4CCOCC4)cc3)c2)cc1. The molecule has 12 nitrogen and oxygen atoms in total. The van der Waals surface area contributed by atoms with Crippen LogP contribution in [-0.4, -0.2) is 103 Å². The molecule has 3 aliphatic rings. The van der Waals surface area contributed by atoms with Gasteiger partial charge in [0.25, 0.3) is 0 Å². The van der Waals surface area contributed by atoms with Gasteiger partial charge in [0, 0.05) is 71.5 Å². The minimum absolute atomic E-state index is 0.0445. The number of nitrogens with one attached hydrogen (secondary N) is 3. The zero-order chi connectivity index (χ0) is 44.9. The molecule has 0 aromatic heterocycles. The fraction of sp³-hybridized carbons (Fsp3) is 0.412. The number of morpholine rings is 2. The second-order valence-corrected chi connectivity index (χ2v) is 21.0. The lowest BCUT2D eigenvalue weighted by molar-refractivity contribution is -0.00882. The molecule has 2 fully saturated rings. The maximum absolute atomic E-state index is 14.4. The number of aryl methyl sites for hydroxylation is 1. The van der Waals surface area contributed by atoms with Crippen molar-refractivity contribution in [2.45, 2.75) is 73.7 Å². The van der Waals surface area contributed by atoms with Gasteiger partial charge in [0.05, 0.1) is 42.3 Å². The molecular weight excluding hydrogens is 857 g/mol. The van der Waals surface area contributed by atoms with E-state index in [2.05, 4.69) is 43.4 Å². The van der Waals surface area contributed by atoms with Crippen LogP contribution in [0.5, 0.6) is 0 Å². The molecule has 2 unspecified atom stereocenters. The third-order valence-corrected chi connectivity index (χ3v) is 16.1.